The molecule has 6 heteroatoms. The Bertz CT molecular complexity index is 852. The first kappa shape index (κ1) is 14.9. The van der Waals surface area contributed by atoms with Gasteiger partial charge in [0.15, 0.2) is 12.2 Å². The molecule has 0 aliphatic rings. The summed E-state index contributed by atoms with van der Waals surface area (Å²) in [6.45, 7) is 0.465. The molecule has 0 spiro atoms. The fourth-order valence-electron chi connectivity index (χ4n) is 2.21. The standard InChI is InChI=1S/C17H16N2O4/c20-16(11-22-13-4-2-1-3-5-13)18-9-8-12-6-7-14-15(10-12)23-17(21)19-14/h1-7,10H,8-9,11H2,(H,18,20)(H,19,21). The molecule has 1 aromatic heterocycles. The highest BCUT2D eigenvalue weighted by Crippen LogP contribution is 2.12. The molecule has 1 heterocycles. The summed E-state index contributed by atoms with van der Waals surface area (Å²) in [6, 6.07) is 14.7. The zero-order valence-electron chi connectivity index (χ0n) is 12.4. The number of fused-ring (bicyclic) bond motifs is 1. The summed E-state index contributed by atoms with van der Waals surface area (Å²) >= 11 is 0. The van der Waals surface area contributed by atoms with Crippen molar-refractivity contribution >= 4 is 17.0 Å². The van der Waals surface area contributed by atoms with Crippen LogP contribution in [0.25, 0.3) is 11.1 Å². The lowest BCUT2D eigenvalue weighted by Crippen LogP contribution is -2.30. The summed E-state index contributed by atoms with van der Waals surface area (Å²) in [7, 11) is 0. The predicted molar refractivity (Wildman–Crippen MR) is 85.5 cm³/mol. The Labute approximate surface area is 132 Å². The van der Waals surface area contributed by atoms with Crippen molar-refractivity contribution in [3.8, 4) is 5.75 Å². The molecule has 0 atom stereocenters. The van der Waals surface area contributed by atoms with Crippen LogP contribution in [0.2, 0.25) is 0 Å². The van der Waals surface area contributed by atoms with Gasteiger partial charge in [-0.2, -0.15) is 0 Å². The van der Waals surface area contributed by atoms with Gasteiger partial charge in [0.2, 0.25) is 0 Å². The Kier molecular flexibility index (Phi) is 4.42. The Morgan fingerprint density at radius 3 is 2.83 bits per heavy atom. The van der Waals surface area contributed by atoms with Gasteiger partial charge >= 0.3 is 5.76 Å². The number of hydrogen-bond donors (Lipinski definition) is 2. The Morgan fingerprint density at radius 2 is 2.00 bits per heavy atom. The fourth-order valence-corrected chi connectivity index (χ4v) is 2.21. The molecule has 0 aliphatic carbocycles. The lowest BCUT2D eigenvalue weighted by atomic mass is 10.1. The average Bonchev–Trinajstić information content (AvgIpc) is 2.93. The summed E-state index contributed by atoms with van der Waals surface area (Å²) in [4.78, 5) is 25.4. The minimum Gasteiger partial charge on any atom is -0.484 e. The van der Waals surface area contributed by atoms with E-state index in [9.17, 15) is 9.59 Å². The van der Waals surface area contributed by atoms with Gasteiger partial charge in [-0.1, -0.05) is 24.3 Å². The number of amides is 1. The van der Waals surface area contributed by atoms with Crippen molar-refractivity contribution in [3.63, 3.8) is 0 Å². The first-order chi connectivity index (χ1) is 11.2. The van der Waals surface area contributed by atoms with E-state index < -0.39 is 5.76 Å². The van der Waals surface area contributed by atoms with Gasteiger partial charge in [0.05, 0.1) is 5.52 Å². The number of oxazole rings is 1. The van der Waals surface area contributed by atoms with Crippen molar-refractivity contribution in [2.24, 2.45) is 0 Å². The summed E-state index contributed by atoms with van der Waals surface area (Å²) < 4.78 is 10.4. The molecule has 2 N–H and O–H groups in total. The third-order valence-electron chi connectivity index (χ3n) is 3.33. The molecule has 3 aromatic rings. The fraction of sp³-hybridized carbons (Fsp3) is 0.176. The molecule has 0 aliphatic heterocycles. The molecule has 0 radical (unpaired) electrons. The van der Waals surface area contributed by atoms with Gasteiger partial charge in [-0.3, -0.25) is 9.78 Å². The zero-order chi connectivity index (χ0) is 16.1. The maximum Gasteiger partial charge on any atom is 0.417 e. The van der Waals surface area contributed by atoms with Crippen LogP contribution in [0.3, 0.4) is 0 Å². The van der Waals surface area contributed by atoms with Crippen LogP contribution in [-0.2, 0) is 11.2 Å². The van der Waals surface area contributed by atoms with Gasteiger partial charge in [-0.25, -0.2) is 4.79 Å². The van der Waals surface area contributed by atoms with E-state index in [1.54, 1.807) is 24.3 Å². The summed E-state index contributed by atoms with van der Waals surface area (Å²) in [5.74, 6) is 0.0159. The average molecular weight is 312 g/mol. The van der Waals surface area contributed by atoms with Crippen LogP contribution in [0, 0.1) is 0 Å². The second-order valence-corrected chi connectivity index (χ2v) is 5.05. The molecule has 6 nitrogen and oxygen atoms in total. The Morgan fingerprint density at radius 1 is 1.17 bits per heavy atom. The van der Waals surface area contributed by atoms with Crippen LogP contribution in [0.5, 0.6) is 5.75 Å². The maximum atomic E-state index is 11.7. The van der Waals surface area contributed by atoms with Crippen molar-refractivity contribution in [1.82, 2.24) is 10.3 Å². The number of carbonyl (C=O) groups is 1. The minimum atomic E-state index is -0.469. The quantitative estimate of drug-likeness (QED) is 0.727. The smallest absolute Gasteiger partial charge is 0.417 e. The number of benzene rings is 2. The monoisotopic (exact) mass is 312 g/mol. The van der Waals surface area contributed by atoms with Crippen molar-refractivity contribution in [2.45, 2.75) is 6.42 Å². The van der Waals surface area contributed by atoms with E-state index in [1.165, 1.54) is 0 Å². The van der Waals surface area contributed by atoms with Gasteiger partial charge < -0.3 is 14.5 Å². The van der Waals surface area contributed by atoms with E-state index in [-0.39, 0.29) is 12.5 Å². The molecule has 1 amide bonds. The topological polar surface area (TPSA) is 84.3 Å². The first-order valence-corrected chi connectivity index (χ1v) is 7.27. The van der Waals surface area contributed by atoms with E-state index in [1.807, 2.05) is 24.3 Å². The zero-order valence-corrected chi connectivity index (χ0v) is 12.4. The summed E-state index contributed by atoms with van der Waals surface area (Å²) in [6.07, 6.45) is 0.641. The minimum absolute atomic E-state index is 0.0181. The van der Waals surface area contributed by atoms with Gasteiger partial charge in [-0.15, -0.1) is 0 Å². The predicted octanol–water partition coefficient (Wildman–Crippen LogP) is 1.86. The van der Waals surface area contributed by atoms with E-state index in [0.717, 1.165) is 5.56 Å². The molecule has 0 saturated heterocycles. The van der Waals surface area contributed by atoms with Crippen molar-refractivity contribution < 1.29 is 13.9 Å². The molecular weight excluding hydrogens is 296 g/mol. The molecule has 118 valence electrons. The SMILES string of the molecule is O=C(COc1ccccc1)NCCc1ccc2[nH]c(=O)oc2c1. The van der Waals surface area contributed by atoms with Gasteiger partial charge in [0, 0.05) is 6.54 Å². The van der Waals surface area contributed by atoms with Gasteiger partial charge in [0.25, 0.3) is 5.91 Å². The number of H-pyrrole nitrogens is 1. The summed E-state index contributed by atoms with van der Waals surface area (Å²) in [5.41, 5.74) is 2.16. The van der Waals surface area contributed by atoms with Gasteiger partial charge in [-0.05, 0) is 36.2 Å². The highest BCUT2D eigenvalue weighted by Gasteiger charge is 2.04. The molecule has 3 rings (SSSR count). The number of aromatic nitrogens is 1. The van der Waals surface area contributed by atoms with E-state index in [2.05, 4.69) is 10.3 Å². The van der Waals surface area contributed by atoms with E-state index >= 15 is 0 Å². The third kappa shape index (κ3) is 4.00. The first-order valence-electron chi connectivity index (χ1n) is 7.27. The second-order valence-electron chi connectivity index (χ2n) is 5.05. The van der Waals surface area contributed by atoms with Gasteiger partial charge in [0.1, 0.15) is 5.75 Å². The molecule has 23 heavy (non-hydrogen) atoms. The molecule has 0 fully saturated rings. The lowest BCUT2D eigenvalue weighted by molar-refractivity contribution is -0.123. The van der Waals surface area contributed by atoms with E-state index in [0.29, 0.717) is 29.8 Å². The van der Waals surface area contributed by atoms with Crippen molar-refractivity contribution in [3.05, 3.63) is 64.6 Å². The van der Waals surface area contributed by atoms with E-state index in [4.69, 9.17) is 9.15 Å². The van der Waals surface area contributed by atoms with Crippen molar-refractivity contribution in [1.29, 1.82) is 0 Å². The van der Waals surface area contributed by atoms with Crippen LogP contribution in [0.15, 0.2) is 57.7 Å². The molecule has 0 saturated carbocycles. The molecule has 0 unspecified atom stereocenters. The number of aromatic amines is 1. The second kappa shape index (κ2) is 6.83. The highest BCUT2D eigenvalue weighted by atomic mass is 16.5. The number of ether oxygens (including phenoxy) is 1. The number of carbonyl (C=O) groups excluding carboxylic acids is 1. The highest BCUT2D eigenvalue weighted by molar-refractivity contribution is 5.77. The number of rotatable bonds is 6. The summed E-state index contributed by atoms with van der Waals surface area (Å²) in [5, 5.41) is 2.79. The van der Waals surface area contributed by atoms with Crippen LogP contribution in [0.1, 0.15) is 5.56 Å². The van der Waals surface area contributed by atoms with Crippen LogP contribution in [-0.4, -0.2) is 24.0 Å². The molecule has 2 aromatic carbocycles. The number of hydrogen-bond acceptors (Lipinski definition) is 4. The lowest BCUT2D eigenvalue weighted by Gasteiger charge is -2.07. The third-order valence-corrected chi connectivity index (χ3v) is 3.33. The normalized spacial score (nSPS) is 10.6. The molecular formula is C17H16N2O4. The Hall–Kier alpha value is -3.02. The number of nitrogens with one attached hydrogen (secondary N) is 2. The molecule has 0 bridgehead atoms. The van der Waals surface area contributed by atoms with Crippen LogP contribution in [0.4, 0.5) is 0 Å². The van der Waals surface area contributed by atoms with Crippen LogP contribution >= 0.6 is 0 Å². The Balaban J connectivity index is 1.46. The maximum absolute atomic E-state index is 11.7. The van der Waals surface area contributed by atoms with Crippen molar-refractivity contribution in [2.75, 3.05) is 13.2 Å². The number of para-hydroxylation sites is 1. The largest absolute Gasteiger partial charge is 0.484 e. The van der Waals surface area contributed by atoms with Crippen LogP contribution < -0.4 is 15.8 Å².